The number of benzene rings is 1. The molecule has 0 fully saturated rings. The van der Waals surface area contributed by atoms with Crippen LogP contribution in [0.15, 0.2) is 23.3 Å². The van der Waals surface area contributed by atoms with Crippen molar-refractivity contribution in [1.29, 1.82) is 0 Å². The van der Waals surface area contributed by atoms with Crippen molar-refractivity contribution in [3.05, 3.63) is 34.3 Å². The molecule has 0 saturated carbocycles. The number of nitrogens with two attached hydrogens (primary N) is 1. The van der Waals surface area contributed by atoms with Crippen LogP contribution >= 0.6 is 11.6 Å². The zero-order valence-corrected chi connectivity index (χ0v) is 11.5. The third kappa shape index (κ3) is 3.55. The summed E-state index contributed by atoms with van der Waals surface area (Å²) in [5.41, 5.74) is 10.1. The number of carbonyl (C=O) groups excluding carboxylic acids is 1. The highest BCUT2D eigenvalue weighted by Crippen LogP contribution is 2.29. The van der Waals surface area contributed by atoms with E-state index in [1.165, 1.54) is 5.56 Å². The van der Waals surface area contributed by atoms with Gasteiger partial charge in [0.25, 0.3) is 0 Å². The lowest BCUT2D eigenvalue weighted by atomic mass is 9.92. The number of aryl methyl sites for hydroxylation is 1. The van der Waals surface area contributed by atoms with E-state index >= 15 is 0 Å². The van der Waals surface area contributed by atoms with Gasteiger partial charge in [-0.15, -0.1) is 0 Å². The average Bonchev–Trinajstić information content (AvgIpc) is 2.42. The Morgan fingerprint density at radius 2 is 2.26 bits per heavy atom. The summed E-state index contributed by atoms with van der Waals surface area (Å²) in [6.07, 6.45) is 5.33. The average molecular weight is 280 g/mol. The third-order valence-electron chi connectivity index (χ3n) is 3.28. The fourth-order valence-corrected chi connectivity index (χ4v) is 2.46. The molecule has 19 heavy (non-hydrogen) atoms. The molecule has 0 radical (unpaired) electrons. The van der Waals surface area contributed by atoms with Gasteiger partial charge in [-0.2, -0.15) is 5.10 Å². The lowest BCUT2D eigenvalue weighted by molar-refractivity contribution is -0.122. The minimum absolute atomic E-state index is 0.0940. The summed E-state index contributed by atoms with van der Waals surface area (Å²) < 4.78 is 0. The maximum absolute atomic E-state index is 11.8. The molecule has 1 aromatic rings. The quantitative estimate of drug-likeness (QED) is 0.812. The topological polar surface area (TPSA) is 67.5 Å². The van der Waals surface area contributed by atoms with Gasteiger partial charge >= 0.3 is 0 Å². The Hall–Kier alpha value is -1.39. The van der Waals surface area contributed by atoms with Crippen LogP contribution < -0.4 is 11.2 Å². The number of carbonyl (C=O) groups is 1. The maximum Gasteiger partial charge on any atom is 0.248 e. The molecule has 1 atom stereocenters. The minimum Gasteiger partial charge on any atom is -0.330 e. The molecule has 4 nitrogen and oxygen atoms in total. The number of unbranched alkanes of at least 4 members (excludes halogenated alkanes) is 1. The Bertz CT molecular complexity index is 488. The standard InChI is InChI=1S/C14H18ClN3O/c15-13-5-4-10(3-1-2-7-16)9-12(13)11-6-8-17-18-14(11)19/h4-5,8-9,11H,1-3,6-7,16H2,(H,18,19). The predicted octanol–water partition coefficient (Wildman–Crippen LogP) is 2.21. The van der Waals surface area contributed by atoms with Gasteiger partial charge < -0.3 is 5.73 Å². The van der Waals surface area contributed by atoms with Crippen LogP contribution in [-0.4, -0.2) is 18.7 Å². The Balaban J connectivity index is 2.17. The van der Waals surface area contributed by atoms with Crippen molar-refractivity contribution in [3.63, 3.8) is 0 Å². The molecule has 0 spiro atoms. The number of halogens is 1. The predicted molar refractivity (Wildman–Crippen MR) is 77.4 cm³/mol. The second kappa shape index (κ2) is 6.68. The first-order valence-corrected chi connectivity index (χ1v) is 6.90. The lowest BCUT2D eigenvalue weighted by Gasteiger charge is -2.19. The summed E-state index contributed by atoms with van der Waals surface area (Å²) >= 11 is 6.21. The number of hydrogen-bond acceptors (Lipinski definition) is 3. The van der Waals surface area contributed by atoms with E-state index in [1.807, 2.05) is 18.2 Å². The summed E-state index contributed by atoms with van der Waals surface area (Å²) in [4.78, 5) is 11.8. The second-order valence-electron chi connectivity index (χ2n) is 4.68. The van der Waals surface area contributed by atoms with Crippen LogP contribution in [0, 0.1) is 0 Å². The van der Waals surface area contributed by atoms with Gasteiger partial charge in [-0.3, -0.25) is 4.79 Å². The Morgan fingerprint density at radius 3 is 3.00 bits per heavy atom. The number of nitrogens with one attached hydrogen (secondary N) is 1. The fourth-order valence-electron chi connectivity index (χ4n) is 2.21. The van der Waals surface area contributed by atoms with Gasteiger partial charge in [0.1, 0.15) is 0 Å². The first-order valence-electron chi connectivity index (χ1n) is 6.52. The highest BCUT2D eigenvalue weighted by molar-refractivity contribution is 6.31. The molecule has 3 N–H and O–H groups in total. The Kier molecular flexibility index (Phi) is 4.93. The first-order chi connectivity index (χ1) is 9.22. The summed E-state index contributed by atoms with van der Waals surface area (Å²) in [5.74, 6) is -0.331. The molecule has 0 saturated heterocycles. The monoisotopic (exact) mass is 279 g/mol. The van der Waals surface area contributed by atoms with Crippen molar-refractivity contribution in [2.75, 3.05) is 6.54 Å². The van der Waals surface area contributed by atoms with E-state index in [2.05, 4.69) is 10.5 Å². The highest BCUT2D eigenvalue weighted by atomic mass is 35.5. The maximum atomic E-state index is 11.8. The molecule has 1 amide bonds. The van der Waals surface area contributed by atoms with Gasteiger partial charge in [-0.1, -0.05) is 23.7 Å². The molecule has 102 valence electrons. The van der Waals surface area contributed by atoms with E-state index in [0.29, 0.717) is 18.0 Å². The molecule has 1 heterocycles. The lowest BCUT2D eigenvalue weighted by Crippen LogP contribution is -2.29. The molecule has 2 rings (SSSR count). The van der Waals surface area contributed by atoms with Gasteiger partial charge in [-0.25, -0.2) is 5.43 Å². The minimum atomic E-state index is -0.237. The zero-order valence-electron chi connectivity index (χ0n) is 10.7. The molecule has 1 aliphatic rings. The molecular formula is C14H18ClN3O. The molecule has 1 unspecified atom stereocenters. The van der Waals surface area contributed by atoms with E-state index in [0.717, 1.165) is 24.8 Å². The first kappa shape index (κ1) is 14.0. The van der Waals surface area contributed by atoms with Crippen LogP contribution in [0.4, 0.5) is 0 Å². The van der Waals surface area contributed by atoms with E-state index in [1.54, 1.807) is 6.21 Å². The number of hydrogen-bond donors (Lipinski definition) is 2. The SMILES string of the molecule is NCCCCc1ccc(Cl)c(C2CC=NNC2=O)c1. The van der Waals surface area contributed by atoms with Crippen LogP contribution in [0.2, 0.25) is 5.02 Å². The van der Waals surface area contributed by atoms with Gasteiger partial charge in [0.2, 0.25) is 5.91 Å². The van der Waals surface area contributed by atoms with E-state index in [-0.39, 0.29) is 11.8 Å². The zero-order chi connectivity index (χ0) is 13.7. The molecule has 0 aromatic heterocycles. The molecule has 1 aromatic carbocycles. The summed E-state index contributed by atoms with van der Waals surface area (Å²) in [7, 11) is 0. The molecule has 5 heteroatoms. The van der Waals surface area contributed by atoms with Crippen LogP contribution in [0.1, 0.15) is 36.3 Å². The largest absolute Gasteiger partial charge is 0.330 e. The van der Waals surface area contributed by atoms with Crippen LogP contribution in [0.3, 0.4) is 0 Å². The van der Waals surface area contributed by atoms with Gasteiger partial charge in [0.15, 0.2) is 0 Å². The third-order valence-corrected chi connectivity index (χ3v) is 3.62. The van der Waals surface area contributed by atoms with Crippen molar-refractivity contribution < 1.29 is 4.79 Å². The highest BCUT2D eigenvalue weighted by Gasteiger charge is 2.24. The fraction of sp³-hybridized carbons (Fsp3) is 0.429. The summed E-state index contributed by atoms with van der Waals surface area (Å²) in [6.45, 7) is 0.710. The smallest absolute Gasteiger partial charge is 0.248 e. The van der Waals surface area contributed by atoms with Gasteiger partial charge in [0.05, 0.1) is 5.92 Å². The van der Waals surface area contributed by atoms with Gasteiger partial charge in [0, 0.05) is 17.7 Å². The van der Waals surface area contributed by atoms with Crippen LogP contribution in [0.5, 0.6) is 0 Å². The van der Waals surface area contributed by atoms with Crippen LogP contribution in [0.25, 0.3) is 0 Å². The van der Waals surface area contributed by atoms with Crippen LogP contribution in [-0.2, 0) is 11.2 Å². The molecule has 1 aliphatic heterocycles. The second-order valence-corrected chi connectivity index (χ2v) is 5.08. The van der Waals surface area contributed by atoms with Crippen molar-refractivity contribution in [1.82, 2.24) is 5.43 Å². The van der Waals surface area contributed by atoms with Crippen molar-refractivity contribution in [2.24, 2.45) is 10.8 Å². The number of hydrazone groups is 1. The number of amides is 1. The number of nitrogens with zero attached hydrogens (tertiary/aromatic N) is 1. The normalized spacial score (nSPS) is 18.4. The molecule has 0 aliphatic carbocycles. The number of rotatable bonds is 5. The Morgan fingerprint density at radius 1 is 1.42 bits per heavy atom. The summed E-state index contributed by atoms with van der Waals surface area (Å²) in [5, 5.41) is 4.40. The van der Waals surface area contributed by atoms with E-state index < -0.39 is 0 Å². The Labute approximate surface area is 118 Å². The van der Waals surface area contributed by atoms with E-state index in [4.69, 9.17) is 17.3 Å². The van der Waals surface area contributed by atoms with E-state index in [9.17, 15) is 4.79 Å². The van der Waals surface area contributed by atoms with Crippen molar-refractivity contribution >= 4 is 23.7 Å². The summed E-state index contributed by atoms with van der Waals surface area (Å²) in [6, 6.07) is 5.91. The van der Waals surface area contributed by atoms with Crippen molar-refractivity contribution in [3.8, 4) is 0 Å². The molecule has 0 bridgehead atoms. The van der Waals surface area contributed by atoms with Crippen molar-refractivity contribution in [2.45, 2.75) is 31.6 Å². The molecular weight excluding hydrogens is 262 g/mol. The van der Waals surface area contributed by atoms with Gasteiger partial charge in [-0.05, 0) is 43.0 Å².